The van der Waals surface area contributed by atoms with Crippen molar-refractivity contribution in [3.8, 4) is 0 Å². The summed E-state index contributed by atoms with van der Waals surface area (Å²) in [6, 6.07) is 3.90. The molecule has 0 radical (unpaired) electrons. The Balaban J connectivity index is 2.62. The van der Waals surface area contributed by atoms with E-state index in [2.05, 4.69) is 17.7 Å². The molecule has 2 rings (SSSR count). The third kappa shape index (κ3) is 2.30. The number of benzene rings is 1. The van der Waals surface area contributed by atoms with Crippen molar-refractivity contribution in [3.05, 3.63) is 33.9 Å². The van der Waals surface area contributed by atoms with Crippen molar-refractivity contribution in [1.82, 2.24) is 4.57 Å². The lowest BCUT2D eigenvalue weighted by Crippen LogP contribution is -2.05. The fourth-order valence-electron chi connectivity index (χ4n) is 2.12. The van der Waals surface area contributed by atoms with Crippen LogP contribution in [0.25, 0.3) is 10.9 Å². The summed E-state index contributed by atoms with van der Waals surface area (Å²) in [5, 5.41) is 2.44. The second-order valence-electron chi connectivity index (χ2n) is 4.10. The van der Waals surface area contributed by atoms with Gasteiger partial charge < -0.3 is 10.3 Å². The summed E-state index contributed by atoms with van der Waals surface area (Å²) in [5.74, 6) is 0. The molecule has 0 saturated heterocycles. The van der Waals surface area contributed by atoms with Crippen molar-refractivity contribution >= 4 is 34.1 Å². The lowest BCUT2D eigenvalue weighted by molar-refractivity contribution is 0.669. The Kier molecular flexibility index (Phi) is 3.97. The van der Waals surface area contributed by atoms with E-state index in [9.17, 15) is 0 Å². The predicted molar refractivity (Wildman–Crippen MR) is 75.0 cm³/mol. The number of aryl methyl sites for hydroxylation is 2. The van der Waals surface area contributed by atoms with Gasteiger partial charge in [0, 0.05) is 18.1 Å². The molecule has 0 bridgehead atoms. The number of hydrogen-bond donors (Lipinski definition) is 1. The van der Waals surface area contributed by atoms with Gasteiger partial charge in [-0.3, -0.25) is 0 Å². The van der Waals surface area contributed by atoms with Crippen LogP contribution in [0.2, 0.25) is 10.0 Å². The molecule has 1 aromatic heterocycles. The van der Waals surface area contributed by atoms with Crippen LogP contribution in [0.4, 0.5) is 0 Å². The Bertz CT molecular complexity index is 532. The summed E-state index contributed by atoms with van der Waals surface area (Å²) >= 11 is 12.4. The van der Waals surface area contributed by atoms with E-state index in [1.165, 1.54) is 10.9 Å². The molecule has 92 valence electrons. The number of nitrogens with zero attached hydrogens (tertiary/aromatic N) is 1. The van der Waals surface area contributed by atoms with Crippen LogP contribution in [0.3, 0.4) is 0 Å². The molecule has 17 heavy (non-hydrogen) atoms. The minimum Gasteiger partial charge on any atom is -0.346 e. The van der Waals surface area contributed by atoms with Crippen LogP contribution < -0.4 is 5.73 Å². The van der Waals surface area contributed by atoms with Crippen molar-refractivity contribution in [2.75, 3.05) is 6.54 Å². The Labute approximate surface area is 111 Å². The third-order valence-electron chi connectivity index (χ3n) is 3.00. The second-order valence-corrected chi connectivity index (χ2v) is 4.89. The van der Waals surface area contributed by atoms with Crippen molar-refractivity contribution in [1.29, 1.82) is 0 Å². The highest BCUT2D eigenvalue weighted by Crippen LogP contribution is 2.34. The quantitative estimate of drug-likeness (QED) is 0.899. The first-order valence-electron chi connectivity index (χ1n) is 5.84. The van der Waals surface area contributed by atoms with Gasteiger partial charge in [-0.1, -0.05) is 36.2 Å². The average Bonchev–Trinajstić information content (AvgIpc) is 2.70. The van der Waals surface area contributed by atoms with Crippen LogP contribution in [0.5, 0.6) is 0 Å². The molecule has 0 aliphatic carbocycles. The summed E-state index contributed by atoms with van der Waals surface area (Å²) in [7, 11) is 0. The van der Waals surface area contributed by atoms with Gasteiger partial charge in [-0.05, 0) is 31.0 Å². The Morgan fingerprint density at radius 1 is 1.29 bits per heavy atom. The van der Waals surface area contributed by atoms with Crippen LogP contribution in [0.15, 0.2) is 18.3 Å². The van der Waals surface area contributed by atoms with Gasteiger partial charge in [0.1, 0.15) is 0 Å². The normalized spacial score (nSPS) is 11.3. The van der Waals surface area contributed by atoms with Gasteiger partial charge in [-0.2, -0.15) is 0 Å². The average molecular weight is 271 g/mol. The van der Waals surface area contributed by atoms with E-state index in [0.717, 1.165) is 24.9 Å². The Hall–Kier alpha value is -0.700. The van der Waals surface area contributed by atoms with Crippen LogP contribution in [-0.2, 0) is 13.0 Å². The van der Waals surface area contributed by atoms with Crippen molar-refractivity contribution in [3.63, 3.8) is 0 Å². The van der Waals surface area contributed by atoms with Gasteiger partial charge in [-0.15, -0.1) is 0 Å². The van der Waals surface area contributed by atoms with E-state index >= 15 is 0 Å². The molecule has 0 atom stereocenters. The van der Waals surface area contributed by atoms with Crippen molar-refractivity contribution in [2.24, 2.45) is 5.73 Å². The SMILES string of the molecule is CCc1cn(CCCN)c2c(Cl)c(Cl)ccc12. The van der Waals surface area contributed by atoms with Crippen LogP contribution in [0.1, 0.15) is 18.9 Å². The molecular weight excluding hydrogens is 255 g/mol. The number of fused-ring (bicyclic) bond motifs is 1. The molecule has 1 heterocycles. The molecule has 0 aliphatic rings. The first-order valence-corrected chi connectivity index (χ1v) is 6.60. The smallest absolute Gasteiger partial charge is 0.0835 e. The molecule has 0 saturated carbocycles. The van der Waals surface area contributed by atoms with Crippen LogP contribution in [-0.4, -0.2) is 11.1 Å². The molecule has 0 spiro atoms. The van der Waals surface area contributed by atoms with Gasteiger partial charge in [0.25, 0.3) is 0 Å². The topological polar surface area (TPSA) is 30.9 Å². The van der Waals surface area contributed by atoms with Crippen LogP contribution in [0, 0.1) is 0 Å². The second kappa shape index (κ2) is 5.30. The van der Waals surface area contributed by atoms with Gasteiger partial charge in [-0.25, -0.2) is 0 Å². The summed E-state index contributed by atoms with van der Waals surface area (Å²) in [6.07, 6.45) is 4.09. The molecule has 0 fully saturated rings. The summed E-state index contributed by atoms with van der Waals surface area (Å²) in [5.41, 5.74) is 7.89. The Morgan fingerprint density at radius 3 is 2.71 bits per heavy atom. The zero-order valence-corrected chi connectivity index (χ0v) is 11.4. The van der Waals surface area contributed by atoms with E-state index in [4.69, 9.17) is 28.9 Å². The van der Waals surface area contributed by atoms with Gasteiger partial charge in [0.05, 0.1) is 15.6 Å². The van der Waals surface area contributed by atoms with E-state index in [-0.39, 0.29) is 0 Å². The third-order valence-corrected chi connectivity index (χ3v) is 3.79. The first-order chi connectivity index (χ1) is 8.19. The number of rotatable bonds is 4. The van der Waals surface area contributed by atoms with Gasteiger partial charge in [0.15, 0.2) is 0 Å². The minimum absolute atomic E-state index is 0.605. The largest absolute Gasteiger partial charge is 0.346 e. The zero-order valence-electron chi connectivity index (χ0n) is 9.84. The monoisotopic (exact) mass is 270 g/mol. The summed E-state index contributed by atoms with van der Waals surface area (Å²) < 4.78 is 2.16. The van der Waals surface area contributed by atoms with E-state index in [1.54, 1.807) is 0 Å². The molecule has 1 aromatic carbocycles. The zero-order chi connectivity index (χ0) is 12.4. The highest BCUT2D eigenvalue weighted by atomic mass is 35.5. The van der Waals surface area contributed by atoms with Crippen LogP contribution >= 0.6 is 23.2 Å². The lowest BCUT2D eigenvalue weighted by atomic mass is 10.1. The fourth-order valence-corrected chi connectivity index (χ4v) is 2.55. The lowest BCUT2D eigenvalue weighted by Gasteiger charge is -2.06. The molecule has 2 nitrogen and oxygen atoms in total. The molecule has 2 aromatic rings. The maximum atomic E-state index is 6.30. The van der Waals surface area contributed by atoms with Gasteiger partial charge in [0.2, 0.25) is 0 Å². The molecular formula is C13H16Cl2N2. The maximum absolute atomic E-state index is 6.30. The summed E-state index contributed by atoms with van der Waals surface area (Å²) in [4.78, 5) is 0. The molecule has 2 N–H and O–H groups in total. The first kappa shape index (κ1) is 12.7. The number of nitrogens with two attached hydrogens (primary N) is 1. The minimum atomic E-state index is 0.605. The Morgan fingerprint density at radius 2 is 2.06 bits per heavy atom. The highest BCUT2D eigenvalue weighted by molar-refractivity contribution is 6.45. The molecule has 0 amide bonds. The molecule has 4 heteroatoms. The number of hydrogen-bond acceptors (Lipinski definition) is 1. The van der Waals surface area contributed by atoms with E-state index in [1.807, 2.05) is 12.1 Å². The maximum Gasteiger partial charge on any atom is 0.0835 e. The molecule has 0 aliphatic heterocycles. The highest BCUT2D eigenvalue weighted by Gasteiger charge is 2.12. The molecule has 0 unspecified atom stereocenters. The van der Waals surface area contributed by atoms with E-state index < -0.39 is 0 Å². The summed E-state index contributed by atoms with van der Waals surface area (Å²) in [6.45, 7) is 3.71. The van der Waals surface area contributed by atoms with Crippen molar-refractivity contribution in [2.45, 2.75) is 26.3 Å². The van der Waals surface area contributed by atoms with Crippen molar-refractivity contribution < 1.29 is 0 Å². The van der Waals surface area contributed by atoms with E-state index in [0.29, 0.717) is 16.6 Å². The standard InChI is InChI=1S/C13H16Cl2N2/c1-2-9-8-17(7-3-6-16)13-10(9)4-5-11(14)12(13)15/h4-5,8H,2-3,6-7,16H2,1H3. The predicted octanol–water partition coefficient (Wildman–Crippen LogP) is 3.86. The number of halogens is 2. The van der Waals surface area contributed by atoms with Gasteiger partial charge >= 0.3 is 0 Å². The fraction of sp³-hybridized carbons (Fsp3) is 0.385. The number of aromatic nitrogens is 1.